The zero-order valence-corrected chi connectivity index (χ0v) is 12.9. The Morgan fingerprint density at radius 3 is 2.68 bits per heavy atom. The molecule has 1 radical (unpaired) electrons. The molecule has 6 nitrogen and oxygen atoms in total. The van der Waals surface area contributed by atoms with Crippen LogP contribution in [-0.2, 0) is 6.42 Å². The molecule has 2 aromatic rings. The van der Waals surface area contributed by atoms with Gasteiger partial charge < -0.3 is 10.2 Å². The van der Waals surface area contributed by atoms with Crippen molar-refractivity contribution in [3.05, 3.63) is 42.3 Å². The minimum atomic E-state index is -3.33. The molecule has 0 aromatic heterocycles. The van der Waals surface area contributed by atoms with Crippen LogP contribution in [0.2, 0.25) is 0 Å². The average molecular weight is 323 g/mol. The smallest absolute Gasteiger partial charge is 0.142 e. The fraction of sp³-hybridized carbons (Fsp3) is 0.267. The predicted molar refractivity (Wildman–Crippen MR) is 88.6 cm³/mol. The minimum Gasteiger partial charge on any atom is -0.506 e. The molecule has 1 atom stereocenters. The van der Waals surface area contributed by atoms with Crippen LogP contribution in [0.15, 0.2) is 30.3 Å². The van der Waals surface area contributed by atoms with Crippen molar-refractivity contribution in [2.45, 2.75) is 19.6 Å². The number of nitrogens with one attached hydrogen (secondary N) is 1. The predicted octanol–water partition coefficient (Wildman–Crippen LogP) is 2.62. The number of hydrogen-bond donors (Lipinski definition) is 5. The molecule has 0 bridgehead atoms. The Balaban J connectivity index is 2.07. The molecule has 22 heavy (non-hydrogen) atoms. The maximum Gasteiger partial charge on any atom is 0.142 e. The van der Waals surface area contributed by atoms with Crippen LogP contribution in [0.5, 0.6) is 5.75 Å². The van der Waals surface area contributed by atoms with E-state index in [4.69, 9.17) is 0 Å². The zero-order chi connectivity index (χ0) is 15.9. The number of aliphatic hydroxyl groups excluding tert-OH is 1. The lowest BCUT2D eigenvalue weighted by atomic mass is 10.0. The number of aliphatic hydroxyl groups is 1. The van der Waals surface area contributed by atoms with E-state index in [1.165, 1.54) is 4.31 Å². The van der Waals surface area contributed by atoms with Gasteiger partial charge in [-0.1, -0.05) is 36.1 Å². The quantitative estimate of drug-likeness (QED) is 0.596. The van der Waals surface area contributed by atoms with E-state index in [1.807, 2.05) is 25.1 Å². The van der Waals surface area contributed by atoms with E-state index in [1.54, 1.807) is 12.1 Å². The maximum absolute atomic E-state index is 10.2. The SMILES string of the molecule is C[CH]Cc1ccc2cc(O)c(N3CC(O)NS3(O)O)cc2c1. The fourth-order valence-electron chi connectivity index (χ4n) is 2.67. The summed E-state index contributed by atoms with van der Waals surface area (Å²) in [6, 6.07) is 9.22. The monoisotopic (exact) mass is 323 g/mol. The second-order valence-electron chi connectivity index (χ2n) is 5.35. The molecule has 1 unspecified atom stereocenters. The first-order valence-corrected chi connectivity index (χ1v) is 8.46. The third-order valence-corrected chi connectivity index (χ3v) is 5.20. The van der Waals surface area contributed by atoms with Crippen LogP contribution >= 0.6 is 11.0 Å². The van der Waals surface area contributed by atoms with Crippen molar-refractivity contribution in [2.75, 3.05) is 10.8 Å². The van der Waals surface area contributed by atoms with Crippen LogP contribution in [0.3, 0.4) is 0 Å². The first-order chi connectivity index (χ1) is 10.4. The highest BCUT2D eigenvalue weighted by Gasteiger charge is 2.36. The van der Waals surface area contributed by atoms with E-state index in [2.05, 4.69) is 11.1 Å². The second-order valence-corrected chi connectivity index (χ2v) is 7.06. The van der Waals surface area contributed by atoms with Crippen LogP contribution in [0, 0.1) is 6.42 Å². The van der Waals surface area contributed by atoms with Gasteiger partial charge in [-0.25, -0.2) is 0 Å². The van der Waals surface area contributed by atoms with E-state index in [0.717, 1.165) is 22.8 Å². The van der Waals surface area contributed by atoms with Crippen molar-refractivity contribution in [1.29, 1.82) is 0 Å². The normalized spacial score (nSPS) is 22.2. The number of anilines is 1. The number of phenols is 1. The van der Waals surface area contributed by atoms with Gasteiger partial charge in [-0.15, -0.1) is 0 Å². The third-order valence-electron chi connectivity index (χ3n) is 3.65. The molecule has 1 aliphatic heterocycles. The lowest BCUT2D eigenvalue weighted by molar-refractivity contribution is 0.182. The summed E-state index contributed by atoms with van der Waals surface area (Å²) in [6.07, 6.45) is 1.84. The molecule has 5 N–H and O–H groups in total. The molecule has 119 valence electrons. The van der Waals surface area contributed by atoms with Crippen LogP contribution in [0.25, 0.3) is 10.8 Å². The third kappa shape index (κ3) is 2.73. The number of phenolic OH excluding ortho intramolecular Hbond substituents is 1. The Bertz CT molecular complexity index is 707. The van der Waals surface area contributed by atoms with Gasteiger partial charge in [-0.05, 0) is 41.3 Å². The fourth-order valence-corrected chi connectivity index (χ4v) is 4.00. The van der Waals surface area contributed by atoms with Crippen LogP contribution in [-0.4, -0.2) is 32.1 Å². The molecule has 1 aliphatic rings. The molecular formula is C15H19N2O4S. The summed E-state index contributed by atoms with van der Waals surface area (Å²) in [4.78, 5) is 0. The Labute approximate surface area is 130 Å². The van der Waals surface area contributed by atoms with E-state index < -0.39 is 17.2 Å². The molecule has 3 rings (SSSR count). The summed E-state index contributed by atoms with van der Waals surface area (Å²) in [5.41, 5.74) is 1.42. The Morgan fingerprint density at radius 1 is 1.27 bits per heavy atom. The van der Waals surface area contributed by atoms with E-state index in [-0.39, 0.29) is 18.0 Å². The number of aromatic hydroxyl groups is 1. The molecule has 0 aliphatic carbocycles. The zero-order valence-electron chi connectivity index (χ0n) is 12.1. The van der Waals surface area contributed by atoms with Crippen molar-refractivity contribution in [3.63, 3.8) is 0 Å². The van der Waals surface area contributed by atoms with Crippen molar-refractivity contribution in [1.82, 2.24) is 4.72 Å². The van der Waals surface area contributed by atoms with Gasteiger partial charge >= 0.3 is 0 Å². The number of fused-ring (bicyclic) bond motifs is 1. The summed E-state index contributed by atoms with van der Waals surface area (Å²) in [5, 5.41) is 21.5. The van der Waals surface area contributed by atoms with Gasteiger partial charge in [0, 0.05) is 0 Å². The molecule has 0 saturated carbocycles. The van der Waals surface area contributed by atoms with Gasteiger partial charge in [0.2, 0.25) is 0 Å². The molecular weight excluding hydrogens is 304 g/mol. The molecule has 1 fully saturated rings. The summed E-state index contributed by atoms with van der Waals surface area (Å²) in [5.74, 6) is -0.0572. The summed E-state index contributed by atoms with van der Waals surface area (Å²) >= 11 is 0. The number of β-amino-alcohol motifs (C(OH)–C–C–N with tert-alkyl or cyclic N) is 1. The van der Waals surface area contributed by atoms with Crippen molar-refractivity contribution >= 4 is 27.4 Å². The van der Waals surface area contributed by atoms with E-state index >= 15 is 0 Å². The first kappa shape index (κ1) is 15.4. The lowest BCUT2D eigenvalue weighted by Crippen LogP contribution is -2.25. The van der Waals surface area contributed by atoms with Gasteiger partial charge in [-0.2, -0.15) is 4.72 Å². The van der Waals surface area contributed by atoms with Gasteiger partial charge in [0.25, 0.3) is 0 Å². The van der Waals surface area contributed by atoms with Gasteiger partial charge in [0.1, 0.15) is 17.7 Å². The minimum absolute atomic E-state index is 0.0101. The van der Waals surface area contributed by atoms with E-state index in [0.29, 0.717) is 0 Å². The number of rotatable bonds is 3. The molecule has 1 heterocycles. The van der Waals surface area contributed by atoms with Crippen molar-refractivity contribution in [3.8, 4) is 5.75 Å². The van der Waals surface area contributed by atoms with Gasteiger partial charge in [0.05, 0.1) is 6.54 Å². The molecule has 0 amide bonds. The second kappa shape index (κ2) is 5.60. The van der Waals surface area contributed by atoms with Crippen LogP contribution < -0.4 is 9.03 Å². The topological polar surface area (TPSA) is 96.2 Å². The van der Waals surface area contributed by atoms with Crippen molar-refractivity contribution in [2.24, 2.45) is 0 Å². The standard InChI is InChI=1S/C15H19N2O4S/c1-2-3-10-4-5-11-8-14(18)13(7-12(11)6-10)17-9-15(19)16-22(17,20)21/h2,4-8,15-16,18-21H,3,9H2,1H3. The highest BCUT2D eigenvalue weighted by Crippen LogP contribution is 2.50. The number of hydrogen-bond acceptors (Lipinski definition) is 6. The number of nitrogens with zero attached hydrogens (tertiary/aromatic N) is 1. The molecule has 2 aromatic carbocycles. The maximum atomic E-state index is 10.2. The van der Waals surface area contributed by atoms with Crippen LogP contribution in [0.1, 0.15) is 12.5 Å². The summed E-state index contributed by atoms with van der Waals surface area (Å²) < 4.78 is 23.5. The highest BCUT2D eigenvalue weighted by atomic mass is 32.3. The Kier molecular flexibility index (Phi) is 3.92. The lowest BCUT2D eigenvalue weighted by Gasteiger charge is -2.37. The summed E-state index contributed by atoms with van der Waals surface area (Å²) in [7, 11) is -3.33. The van der Waals surface area contributed by atoms with Crippen molar-refractivity contribution < 1.29 is 19.3 Å². The highest BCUT2D eigenvalue weighted by molar-refractivity contribution is 8.24. The molecule has 0 spiro atoms. The van der Waals surface area contributed by atoms with Gasteiger partial charge in [-0.3, -0.25) is 13.4 Å². The molecule has 1 saturated heterocycles. The number of benzene rings is 2. The van der Waals surface area contributed by atoms with E-state index in [9.17, 15) is 19.3 Å². The summed E-state index contributed by atoms with van der Waals surface area (Å²) in [6.45, 7) is 1.98. The van der Waals surface area contributed by atoms with Gasteiger partial charge in [0.15, 0.2) is 0 Å². The Morgan fingerprint density at radius 2 is 2.05 bits per heavy atom. The first-order valence-electron chi connectivity index (χ1n) is 6.95. The van der Waals surface area contributed by atoms with Crippen LogP contribution in [0.4, 0.5) is 5.69 Å². The molecule has 7 heteroatoms. The average Bonchev–Trinajstić information content (AvgIpc) is 2.71. The largest absolute Gasteiger partial charge is 0.506 e. The Hall–Kier alpha value is -1.51.